The Labute approximate surface area is 122 Å². The Morgan fingerprint density at radius 1 is 0.952 bits per heavy atom. The minimum absolute atomic E-state index is 0.101. The van der Waals surface area contributed by atoms with Crippen LogP contribution in [0, 0.1) is 0 Å². The molecular weight excluding hydrogens is 262 g/mol. The predicted octanol–water partition coefficient (Wildman–Crippen LogP) is 2.92. The molecule has 2 aromatic carbocycles. The number of fused-ring (bicyclic) bond motifs is 1. The molecule has 1 heterocycles. The molecule has 0 atom stereocenters. The number of hydrogen-bond donors (Lipinski definition) is 2. The summed E-state index contributed by atoms with van der Waals surface area (Å²) in [6.45, 7) is 0. The van der Waals surface area contributed by atoms with Gasteiger partial charge in [0.15, 0.2) is 0 Å². The van der Waals surface area contributed by atoms with Crippen molar-refractivity contribution < 1.29 is 4.79 Å². The van der Waals surface area contributed by atoms with Crippen LogP contribution in [0.5, 0.6) is 0 Å². The summed E-state index contributed by atoms with van der Waals surface area (Å²) < 4.78 is 0. The van der Waals surface area contributed by atoms with Crippen LogP contribution in [0.15, 0.2) is 66.9 Å². The first kappa shape index (κ1) is 13.1. The zero-order chi connectivity index (χ0) is 14.5. The van der Waals surface area contributed by atoms with E-state index >= 15 is 0 Å². The Morgan fingerprint density at radius 2 is 1.76 bits per heavy atom. The van der Waals surface area contributed by atoms with Gasteiger partial charge in [0.1, 0.15) is 5.82 Å². The van der Waals surface area contributed by atoms with Crippen molar-refractivity contribution in [2.45, 2.75) is 6.42 Å². The molecule has 104 valence electrons. The minimum Gasteiger partial charge on any atom is -0.282 e. The summed E-state index contributed by atoms with van der Waals surface area (Å²) >= 11 is 0. The van der Waals surface area contributed by atoms with Gasteiger partial charge in [0.05, 0.1) is 6.42 Å². The number of pyridine rings is 1. The third-order valence-electron chi connectivity index (χ3n) is 3.17. The van der Waals surface area contributed by atoms with Gasteiger partial charge in [-0.05, 0) is 28.5 Å². The molecule has 0 unspecified atom stereocenters. The second-order valence-corrected chi connectivity index (χ2v) is 4.75. The van der Waals surface area contributed by atoms with Crippen molar-refractivity contribution in [3.8, 4) is 0 Å². The number of amides is 1. The average Bonchev–Trinajstić information content (AvgIpc) is 2.54. The number of nitrogens with one attached hydrogen (secondary N) is 2. The smallest absolute Gasteiger partial charge is 0.242 e. The Kier molecular flexibility index (Phi) is 3.78. The van der Waals surface area contributed by atoms with Gasteiger partial charge in [-0.15, -0.1) is 0 Å². The van der Waals surface area contributed by atoms with Crippen molar-refractivity contribution in [1.82, 2.24) is 10.4 Å². The number of hydrogen-bond acceptors (Lipinski definition) is 3. The number of nitrogens with zero attached hydrogens (tertiary/aromatic N) is 1. The Hall–Kier alpha value is -2.88. The lowest BCUT2D eigenvalue weighted by Crippen LogP contribution is -2.31. The van der Waals surface area contributed by atoms with Crippen molar-refractivity contribution in [2.24, 2.45) is 0 Å². The molecule has 0 aliphatic heterocycles. The summed E-state index contributed by atoms with van der Waals surface area (Å²) in [6.07, 6.45) is 1.99. The highest BCUT2D eigenvalue weighted by molar-refractivity contribution is 5.85. The number of hydrazine groups is 1. The van der Waals surface area contributed by atoms with Gasteiger partial charge in [0.2, 0.25) is 5.91 Å². The van der Waals surface area contributed by atoms with Gasteiger partial charge in [-0.2, -0.15) is 0 Å². The van der Waals surface area contributed by atoms with Crippen LogP contribution in [0.4, 0.5) is 5.82 Å². The first-order chi connectivity index (χ1) is 10.3. The molecule has 1 amide bonds. The zero-order valence-corrected chi connectivity index (χ0v) is 11.4. The molecule has 0 spiro atoms. The summed E-state index contributed by atoms with van der Waals surface area (Å²) in [5.74, 6) is 0.514. The predicted molar refractivity (Wildman–Crippen MR) is 83.7 cm³/mol. The fourth-order valence-corrected chi connectivity index (χ4v) is 2.15. The van der Waals surface area contributed by atoms with Gasteiger partial charge in [0.25, 0.3) is 0 Å². The molecule has 4 nitrogen and oxygen atoms in total. The first-order valence-corrected chi connectivity index (χ1v) is 6.75. The van der Waals surface area contributed by atoms with Gasteiger partial charge in [-0.25, -0.2) is 4.98 Å². The normalized spacial score (nSPS) is 10.3. The van der Waals surface area contributed by atoms with E-state index in [2.05, 4.69) is 21.9 Å². The molecule has 2 N–H and O–H groups in total. The number of aromatic nitrogens is 1. The Balaban J connectivity index is 1.63. The van der Waals surface area contributed by atoms with Crippen LogP contribution in [-0.2, 0) is 11.2 Å². The molecule has 0 radical (unpaired) electrons. The van der Waals surface area contributed by atoms with Gasteiger partial charge in [-0.3, -0.25) is 15.6 Å². The van der Waals surface area contributed by atoms with Crippen LogP contribution < -0.4 is 10.9 Å². The van der Waals surface area contributed by atoms with Crippen molar-refractivity contribution in [3.63, 3.8) is 0 Å². The largest absolute Gasteiger partial charge is 0.282 e. The van der Waals surface area contributed by atoms with E-state index in [-0.39, 0.29) is 5.91 Å². The van der Waals surface area contributed by atoms with Crippen LogP contribution in [0.25, 0.3) is 10.8 Å². The second kappa shape index (κ2) is 6.05. The molecule has 0 aliphatic rings. The molecular formula is C17H15N3O. The van der Waals surface area contributed by atoms with E-state index in [1.807, 2.05) is 48.5 Å². The summed E-state index contributed by atoms with van der Waals surface area (Å²) in [4.78, 5) is 16.0. The summed E-state index contributed by atoms with van der Waals surface area (Å²) in [5, 5.41) is 2.31. The van der Waals surface area contributed by atoms with E-state index in [4.69, 9.17) is 0 Å². The van der Waals surface area contributed by atoms with Crippen LogP contribution in [0.3, 0.4) is 0 Å². The molecule has 0 saturated carbocycles. The van der Waals surface area contributed by atoms with Crippen LogP contribution in [0.1, 0.15) is 5.56 Å². The SMILES string of the molecule is O=C(Cc1ccc2ccccc2c1)NNc1ccccn1. The average molecular weight is 277 g/mol. The lowest BCUT2D eigenvalue weighted by molar-refractivity contribution is -0.119. The maximum Gasteiger partial charge on any atom is 0.242 e. The number of benzene rings is 2. The fraction of sp³-hybridized carbons (Fsp3) is 0.0588. The first-order valence-electron chi connectivity index (χ1n) is 6.75. The highest BCUT2D eigenvalue weighted by atomic mass is 16.2. The quantitative estimate of drug-likeness (QED) is 0.721. The molecule has 0 saturated heterocycles. The topological polar surface area (TPSA) is 54.0 Å². The van der Waals surface area contributed by atoms with E-state index in [9.17, 15) is 4.79 Å². The van der Waals surface area contributed by atoms with Crippen molar-refractivity contribution in [3.05, 3.63) is 72.4 Å². The Bertz CT molecular complexity index is 756. The standard InChI is InChI=1S/C17H15N3O/c21-17(20-19-16-7-3-4-10-18-16)12-13-8-9-14-5-1-2-6-15(14)11-13/h1-11H,12H2,(H,18,19)(H,20,21). The molecule has 3 rings (SSSR count). The Morgan fingerprint density at radius 3 is 2.57 bits per heavy atom. The van der Waals surface area contributed by atoms with E-state index < -0.39 is 0 Å². The van der Waals surface area contributed by atoms with Crippen LogP contribution in [-0.4, -0.2) is 10.9 Å². The van der Waals surface area contributed by atoms with Crippen molar-refractivity contribution in [2.75, 3.05) is 5.43 Å². The number of carbonyl (C=O) groups is 1. The lowest BCUT2D eigenvalue weighted by Gasteiger charge is -2.08. The molecule has 3 aromatic rings. The molecule has 21 heavy (non-hydrogen) atoms. The highest BCUT2D eigenvalue weighted by Gasteiger charge is 2.04. The van der Waals surface area contributed by atoms with Gasteiger partial charge in [-0.1, -0.05) is 48.5 Å². The van der Waals surface area contributed by atoms with Gasteiger partial charge < -0.3 is 0 Å². The van der Waals surface area contributed by atoms with E-state index in [1.165, 1.54) is 5.39 Å². The minimum atomic E-state index is -0.101. The van der Waals surface area contributed by atoms with Crippen molar-refractivity contribution in [1.29, 1.82) is 0 Å². The molecule has 0 bridgehead atoms. The lowest BCUT2D eigenvalue weighted by atomic mass is 10.1. The van der Waals surface area contributed by atoms with Crippen LogP contribution >= 0.6 is 0 Å². The zero-order valence-electron chi connectivity index (χ0n) is 11.4. The number of carbonyl (C=O) groups excluding carboxylic acids is 1. The maximum atomic E-state index is 11.9. The second-order valence-electron chi connectivity index (χ2n) is 4.75. The van der Waals surface area contributed by atoms with E-state index in [1.54, 1.807) is 12.3 Å². The molecule has 1 aromatic heterocycles. The monoisotopic (exact) mass is 277 g/mol. The highest BCUT2D eigenvalue weighted by Crippen LogP contribution is 2.15. The van der Waals surface area contributed by atoms with E-state index in [0.717, 1.165) is 10.9 Å². The van der Waals surface area contributed by atoms with Gasteiger partial charge in [0, 0.05) is 6.20 Å². The summed E-state index contributed by atoms with van der Waals surface area (Å²) in [6, 6.07) is 19.6. The number of rotatable bonds is 4. The van der Waals surface area contributed by atoms with E-state index in [0.29, 0.717) is 12.2 Å². The summed E-state index contributed by atoms with van der Waals surface area (Å²) in [5.41, 5.74) is 6.42. The summed E-state index contributed by atoms with van der Waals surface area (Å²) in [7, 11) is 0. The molecule has 0 fully saturated rings. The maximum absolute atomic E-state index is 11.9. The third kappa shape index (κ3) is 3.36. The van der Waals surface area contributed by atoms with Gasteiger partial charge >= 0.3 is 0 Å². The molecule has 0 aliphatic carbocycles. The van der Waals surface area contributed by atoms with Crippen molar-refractivity contribution >= 4 is 22.5 Å². The fourth-order valence-electron chi connectivity index (χ4n) is 2.15. The molecule has 4 heteroatoms. The third-order valence-corrected chi connectivity index (χ3v) is 3.17. The van der Waals surface area contributed by atoms with Crippen LogP contribution in [0.2, 0.25) is 0 Å². The number of anilines is 1.